The Kier molecular flexibility index (Phi) is 5.32. The van der Waals surface area contributed by atoms with Crippen LogP contribution in [0.2, 0.25) is 0 Å². The number of sulfonamides is 1. The number of para-hydroxylation sites is 1. The minimum absolute atomic E-state index is 0.00716. The molecule has 134 valence electrons. The minimum Gasteiger partial charge on any atom is -0.505 e. The molecule has 0 amide bonds. The molecule has 0 saturated heterocycles. The number of aromatic hydroxyl groups is 1. The van der Waals surface area contributed by atoms with E-state index in [-0.39, 0.29) is 34.5 Å². The Morgan fingerprint density at radius 2 is 1.76 bits per heavy atom. The van der Waals surface area contributed by atoms with Crippen molar-refractivity contribution in [1.82, 2.24) is 0 Å². The Hall–Kier alpha value is -2.61. The van der Waals surface area contributed by atoms with E-state index < -0.39 is 14.9 Å². The Morgan fingerprint density at radius 1 is 1.16 bits per heavy atom. The number of hydrogen-bond acceptors (Lipinski definition) is 5. The molecule has 0 aliphatic rings. The molecule has 7 nitrogen and oxygen atoms in total. The number of nitro benzene ring substituents is 1. The maximum atomic E-state index is 13.1. The molecule has 0 saturated carbocycles. The van der Waals surface area contributed by atoms with E-state index in [0.717, 1.165) is 16.4 Å². The number of aryl methyl sites for hydroxylation is 1. The second-order valence-corrected chi connectivity index (χ2v) is 7.99. The van der Waals surface area contributed by atoms with E-state index in [1.54, 1.807) is 19.1 Å². The molecule has 0 unspecified atom stereocenters. The van der Waals surface area contributed by atoms with Gasteiger partial charge in [-0.25, -0.2) is 8.42 Å². The van der Waals surface area contributed by atoms with Crippen LogP contribution in [0, 0.1) is 23.0 Å². The van der Waals surface area contributed by atoms with Crippen LogP contribution in [0.15, 0.2) is 47.4 Å². The fourth-order valence-electron chi connectivity index (χ4n) is 2.37. The fourth-order valence-corrected chi connectivity index (χ4v) is 4.00. The summed E-state index contributed by atoms with van der Waals surface area (Å²) >= 11 is 0. The molecular weight excluding hydrogens is 344 g/mol. The first-order valence-corrected chi connectivity index (χ1v) is 9.14. The quantitative estimate of drug-likeness (QED) is 0.625. The lowest BCUT2D eigenvalue weighted by Crippen LogP contribution is -2.34. The summed E-state index contributed by atoms with van der Waals surface area (Å²) in [4.78, 5) is 10.1. The molecule has 0 spiro atoms. The van der Waals surface area contributed by atoms with Gasteiger partial charge in [0.1, 0.15) is 5.75 Å². The smallest absolute Gasteiger partial charge is 0.269 e. The predicted octanol–water partition coefficient (Wildman–Crippen LogP) is 3.46. The molecule has 2 aromatic rings. The Labute approximate surface area is 146 Å². The molecule has 2 rings (SSSR count). The van der Waals surface area contributed by atoms with E-state index in [1.165, 1.54) is 18.2 Å². The van der Waals surface area contributed by atoms with Crippen molar-refractivity contribution in [3.63, 3.8) is 0 Å². The van der Waals surface area contributed by atoms with Gasteiger partial charge in [-0.15, -0.1) is 0 Å². The van der Waals surface area contributed by atoms with E-state index in [4.69, 9.17) is 0 Å². The van der Waals surface area contributed by atoms with Crippen LogP contribution in [0.3, 0.4) is 0 Å². The molecule has 0 fully saturated rings. The first-order chi connectivity index (χ1) is 11.6. The molecular formula is C17H20N2O5S. The molecule has 2 aromatic carbocycles. The van der Waals surface area contributed by atoms with Gasteiger partial charge < -0.3 is 5.11 Å². The Balaban J connectivity index is 2.56. The minimum atomic E-state index is -3.98. The van der Waals surface area contributed by atoms with E-state index >= 15 is 0 Å². The van der Waals surface area contributed by atoms with Gasteiger partial charge in [-0.1, -0.05) is 26.0 Å². The van der Waals surface area contributed by atoms with E-state index in [1.807, 2.05) is 13.8 Å². The number of phenolic OH excluding ortho intramolecular Hbond substituents is 1. The average Bonchev–Trinajstić information content (AvgIpc) is 2.55. The zero-order valence-corrected chi connectivity index (χ0v) is 15.0. The number of hydrogen-bond donors (Lipinski definition) is 1. The predicted molar refractivity (Wildman–Crippen MR) is 95.3 cm³/mol. The molecule has 0 aromatic heterocycles. The Bertz CT molecular complexity index is 876. The first-order valence-electron chi connectivity index (χ1n) is 7.70. The SMILES string of the molecule is Cc1cccc(N(CC(C)C)S(=O)(=O)c2ccc([N+](=O)[O-])cc2)c1O. The molecule has 25 heavy (non-hydrogen) atoms. The lowest BCUT2D eigenvalue weighted by Gasteiger charge is -2.27. The van der Waals surface area contributed by atoms with Gasteiger partial charge in [0, 0.05) is 18.7 Å². The summed E-state index contributed by atoms with van der Waals surface area (Å²) in [6.45, 7) is 5.58. The molecule has 0 aliphatic carbocycles. The van der Waals surface area contributed by atoms with Crippen LogP contribution in [-0.2, 0) is 10.0 Å². The average molecular weight is 364 g/mol. The number of nitro groups is 1. The zero-order valence-electron chi connectivity index (χ0n) is 14.2. The van der Waals surface area contributed by atoms with Crippen LogP contribution >= 0.6 is 0 Å². The summed E-state index contributed by atoms with van der Waals surface area (Å²) < 4.78 is 27.3. The van der Waals surface area contributed by atoms with Gasteiger partial charge in [0.15, 0.2) is 0 Å². The van der Waals surface area contributed by atoms with Gasteiger partial charge in [-0.3, -0.25) is 14.4 Å². The van der Waals surface area contributed by atoms with Crippen molar-refractivity contribution in [3.8, 4) is 5.75 Å². The van der Waals surface area contributed by atoms with Crippen LogP contribution in [-0.4, -0.2) is 25.0 Å². The molecule has 8 heteroatoms. The summed E-state index contributed by atoms with van der Waals surface area (Å²) in [6, 6.07) is 9.59. The number of benzene rings is 2. The number of anilines is 1. The fraction of sp³-hybridized carbons (Fsp3) is 0.294. The van der Waals surface area contributed by atoms with Crippen molar-refractivity contribution < 1.29 is 18.4 Å². The zero-order chi connectivity index (χ0) is 18.8. The van der Waals surface area contributed by atoms with Crippen LogP contribution in [0.5, 0.6) is 5.75 Å². The van der Waals surface area contributed by atoms with Crippen molar-refractivity contribution in [2.24, 2.45) is 5.92 Å². The maximum absolute atomic E-state index is 13.1. The van der Waals surface area contributed by atoms with Crippen molar-refractivity contribution in [3.05, 3.63) is 58.1 Å². The van der Waals surface area contributed by atoms with E-state index in [9.17, 15) is 23.6 Å². The highest BCUT2D eigenvalue weighted by Gasteiger charge is 2.28. The Morgan fingerprint density at radius 3 is 2.28 bits per heavy atom. The highest BCUT2D eigenvalue weighted by atomic mass is 32.2. The van der Waals surface area contributed by atoms with Gasteiger partial charge >= 0.3 is 0 Å². The van der Waals surface area contributed by atoms with Gasteiger partial charge in [-0.2, -0.15) is 0 Å². The van der Waals surface area contributed by atoms with Crippen molar-refractivity contribution in [1.29, 1.82) is 0 Å². The molecule has 0 atom stereocenters. The molecule has 0 aliphatic heterocycles. The second-order valence-electron chi connectivity index (χ2n) is 6.12. The first kappa shape index (κ1) is 18.7. The summed E-state index contributed by atoms with van der Waals surface area (Å²) in [7, 11) is -3.98. The van der Waals surface area contributed by atoms with Crippen LogP contribution in [0.25, 0.3) is 0 Å². The topological polar surface area (TPSA) is 101 Å². The molecule has 1 N–H and O–H groups in total. The van der Waals surface area contributed by atoms with Crippen molar-refractivity contribution in [2.75, 3.05) is 10.8 Å². The highest BCUT2D eigenvalue weighted by molar-refractivity contribution is 7.92. The third-order valence-corrected chi connectivity index (χ3v) is 5.45. The number of non-ortho nitro benzene ring substituents is 1. The largest absolute Gasteiger partial charge is 0.505 e. The van der Waals surface area contributed by atoms with E-state index in [2.05, 4.69) is 0 Å². The van der Waals surface area contributed by atoms with Crippen LogP contribution in [0.4, 0.5) is 11.4 Å². The number of rotatable bonds is 6. The highest BCUT2D eigenvalue weighted by Crippen LogP contribution is 2.34. The third-order valence-electron chi connectivity index (χ3n) is 3.65. The van der Waals surface area contributed by atoms with Crippen LogP contribution in [0.1, 0.15) is 19.4 Å². The lowest BCUT2D eigenvalue weighted by molar-refractivity contribution is -0.384. The number of phenols is 1. The standard InChI is InChI=1S/C17H20N2O5S/c1-12(2)11-18(16-6-4-5-13(3)17(16)20)25(23,24)15-9-7-14(8-10-15)19(21)22/h4-10,12,20H,11H2,1-3H3. The van der Waals surface area contributed by atoms with Crippen molar-refractivity contribution in [2.45, 2.75) is 25.7 Å². The van der Waals surface area contributed by atoms with Gasteiger partial charge in [0.25, 0.3) is 15.7 Å². The monoisotopic (exact) mass is 364 g/mol. The normalized spacial score (nSPS) is 11.5. The van der Waals surface area contributed by atoms with E-state index in [0.29, 0.717) is 5.56 Å². The lowest BCUT2D eigenvalue weighted by atomic mass is 10.1. The molecule has 0 heterocycles. The van der Waals surface area contributed by atoms with Crippen LogP contribution < -0.4 is 4.31 Å². The second kappa shape index (κ2) is 7.10. The summed E-state index contributed by atoms with van der Waals surface area (Å²) in [5.74, 6) is -0.0960. The van der Waals surface area contributed by atoms with Gasteiger partial charge in [-0.05, 0) is 36.6 Å². The van der Waals surface area contributed by atoms with Gasteiger partial charge in [0.05, 0.1) is 15.5 Å². The summed E-state index contributed by atoms with van der Waals surface area (Å²) in [5.41, 5.74) is 0.560. The summed E-state index contributed by atoms with van der Waals surface area (Å²) in [5, 5.41) is 21.1. The summed E-state index contributed by atoms with van der Waals surface area (Å²) in [6.07, 6.45) is 0. The van der Waals surface area contributed by atoms with Gasteiger partial charge in [0.2, 0.25) is 0 Å². The maximum Gasteiger partial charge on any atom is 0.269 e. The third kappa shape index (κ3) is 3.90. The molecule has 0 radical (unpaired) electrons. The number of nitrogens with zero attached hydrogens (tertiary/aromatic N) is 2. The molecule has 0 bridgehead atoms. The van der Waals surface area contributed by atoms with Crippen molar-refractivity contribution >= 4 is 21.4 Å².